The van der Waals surface area contributed by atoms with E-state index in [1.807, 2.05) is 0 Å². The number of carbonyl (C=O) groups is 1. The molecule has 8 nitrogen and oxygen atoms in total. The topological polar surface area (TPSA) is 111 Å². The lowest BCUT2D eigenvalue weighted by molar-refractivity contribution is -0.110. The molecule has 0 saturated heterocycles. The lowest BCUT2D eigenvalue weighted by Crippen LogP contribution is -2.25. The van der Waals surface area contributed by atoms with E-state index in [0.717, 1.165) is 31.9 Å². The molecule has 28 heavy (non-hydrogen) atoms. The second kappa shape index (κ2) is 8.54. The minimum atomic E-state index is -3.49. The Kier molecular flexibility index (Phi) is 6.31. The molecule has 1 aromatic heterocycles. The average molecular weight is 443 g/mol. The Balaban J connectivity index is 1.92. The number of carbonyl (C=O) groups excluding carboxylic acids is 1. The maximum atomic E-state index is 12.8. The molecule has 1 saturated carbocycles. The van der Waals surface area contributed by atoms with Gasteiger partial charge in [0.2, 0.25) is 5.13 Å². The van der Waals surface area contributed by atoms with Crippen molar-refractivity contribution in [2.75, 3.05) is 11.6 Å². The van der Waals surface area contributed by atoms with Gasteiger partial charge in [0.05, 0.1) is 9.92 Å². The number of nitrogens with one attached hydrogen (secondary N) is 1. The van der Waals surface area contributed by atoms with Crippen molar-refractivity contribution < 1.29 is 18.0 Å². The normalized spacial score (nSPS) is 15.6. The fraction of sp³-hybridized carbons (Fsp3) is 0.412. The SMILES string of the molecule is Cc1nnc(NC(=O)C(=NOC2CCCC2)c2ccc(S(C)(=O)=O)c(Cl)c2)s1. The van der Waals surface area contributed by atoms with Gasteiger partial charge in [0.15, 0.2) is 15.5 Å². The van der Waals surface area contributed by atoms with E-state index in [1.165, 1.54) is 29.5 Å². The van der Waals surface area contributed by atoms with Crippen LogP contribution in [-0.4, -0.2) is 42.6 Å². The number of hydrogen-bond acceptors (Lipinski definition) is 8. The first-order valence-electron chi connectivity index (χ1n) is 8.59. The number of amides is 1. The zero-order chi connectivity index (χ0) is 20.3. The molecule has 0 radical (unpaired) electrons. The molecule has 0 unspecified atom stereocenters. The smallest absolute Gasteiger partial charge is 0.280 e. The zero-order valence-electron chi connectivity index (χ0n) is 15.3. The third-order valence-corrected chi connectivity index (χ3v) is 6.50. The van der Waals surface area contributed by atoms with Gasteiger partial charge in [0.1, 0.15) is 11.1 Å². The Morgan fingerprint density at radius 3 is 2.61 bits per heavy atom. The van der Waals surface area contributed by atoms with Crippen molar-refractivity contribution in [3.05, 3.63) is 33.8 Å². The van der Waals surface area contributed by atoms with E-state index in [2.05, 4.69) is 20.7 Å². The lowest BCUT2D eigenvalue weighted by Gasteiger charge is -2.11. The van der Waals surface area contributed by atoms with Gasteiger partial charge in [-0.25, -0.2) is 8.42 Å². The highest BCUT2D eigenvalue weighted by atomic mass is 35.5. The second-order valence-electron chi connectivity index (χ2n) is 6.45. The maximum absolute atomic E-state index is 12.8. The number of halogens is 1. The lowest BCUT2D eigenvalue weighted by atomic mass is 10.1. The highest BCUT2D eigenvalue weighted by molar-refractivity contribution is 7.90. The van der Waals surface area contributed by atoms with Crippen LogP contribution in [0.2, 0.25) is 5.02 Å². The van der Waals surface area contributed by atoms with Crippen LogP contribution in [0.3, 0.4) is 0 Å². The predicted molar refractivity (Wildman–Crippen MR) is 108 cm³/mol. The number of anilines is 1. The first kappa shape index (κ1) is 20.7. The van der Waals surface area contributed by atoms with E-state index in [4.69, 9.17) is 16.4 Å². The highest BCUT2D eigenvalue weighted by Crippen LogP contribution is 2.25. The first-order chi connectivity index (χ1) is 13.2. The third-order valence-electron chi connectivity index (χ3n) is 4.16. The fourth-order valence-corrected chi connectivity index (χ4v) is 4.71. The van der Waals surface area contributed by atoms with Crippen molar-refractivity contribution in [1.82, 2.24) is 10.2 Å². The molecule has 1 fully saturated rings. The Labute approximate surface area is 171 Å². The van der Waals surface area contributed by atoms with Crippen LogP contribution in [0.1, 0.15) is 36.3 Å². The number of oxime groups is 1. The van der Waals surface area contributed by atoms with E-state index in [9.17, 15) is 13.2 Å². The molecule has 1 N–H and O–H groups in total. The number of aryl methyl sites for hydroxylation is 1. The summed E-state index contributed by atoms with van der Waals surface area (Å²) in [7, 11) is -3.49. The number of sulfone groups is 1. The zero-order valence-corrected chi connectivity index (χ0v) is 17.7. The molecule has 1 heterocycles. The fourth-order valence-electron chi connectivity index (χ4n) is 2.80. The van der Waals surface area contributed by atoms with E-state index in [1.54, 1.807) is 6.92 Å². The quantitative estimate of drug-likeness (QED) is 0.543. The second-order valence-corrected chi connectivity index (χ2v) is 10.0. The molecular formula is C17H19ClN4O4S2. The Hall–Kier alpha value is -2.04. The molecule has 1 amide bonds. The largest absolute Gasteiger partial charge is 0.392 e. The molecule has 0 spiro atoms. The molecular weight excluding hydrogens is 424 g/mol. The van der Waals surface area contributed by atoms with Crippen LogP contribution in [0.4, 0.5) is 5.13 Å². The van der Waals surface area contributed by atoms with Gasteiger partial charge in [-0.1, -0.05) is 34.2 Å². The highest BCUT2D eigenvalue weighted by Gasteiger charge is 2.22. The summed E-state index contributed by atoms with van der Waals surface area (Å²) in [5.74, 6) is -0.544. The predicted octanol–water partition coefficient (Wildman–Crippen LogP) is 3.21. The van der Waals surface area contributed by atoms with Crippen molar-refractivity contribution in [3.63, 3.8) is 0 Å². The Morgan fingerprint density at radius 1 is 1.32 bits per heavy atom. The Bertz CT molecular complexity index is 1010. The van der Waals surface area contributed by atoms with Gasteiger partial charge in [0.25, 0.3) is 5.91 Å². The van der Waals surface area contributed by atoms with Gasteiger partial charge in [-0.2, -0.15) is 0 Å². The minimum absolute atomic E-state index is 0.00752. The van der Waals surface area contributed by atoms with Gasteiger partial charge in [0, 0.05) is 11.8 Å². The summed E-state index contributed by atoms with van der Waals surface area (Å²) >= 11 is 7.35. The number of rotatable bonds is 6. The molecule has 3 rings (SSSR count). The van der Waals surface area contributed by atoms with Gasteiger partial charge >= 0.3 is 0 Å². The minimum Gasteiger partial charge on any atom is -0.392 e. The average Bonchev–Trinajstić information content (AvgIpc) is 3.26. The molecule has 1 aliphatic rings. The van der Waals surface area contributed by atoms with Crippen LogP contribution in [-0.2, 0) is 19.5 Å². The number of aromatic nitrogens is 2. The van der Waals surface area contributed by atoms with E-state index in [-0.39, 0.29) is 21.7 Å². The molecule has 0 aliphatic heterocycles. The van der Waals surface area contributed by atoms with Crippen LogP contribution in [0, 0.1) is 6.92 Å². The van der Waals surface area contributed by atoms with Crippen LogP contribution in [0.5, 0.6) is 0 Å². The summed E-state index contributed by atoms with van der Waals surface area (Å²) in [6.07, 6.45) is 4.89. The number of nitrogens with zero attached hydrogens (tertiary/aromatic N) is 3. The number of benzene rings is 1. The summed E-state index contributed by atoms with van der Waals surface area (Å²) < 4.78 is 23.6. The van der Waals surface area contributed by atoms with E-state index < -0.39 is 15.7 Å². The van der Waals surface area contributed by atoms with Crippen molar-refractivity contribution in [2.24, 2.45) is 5.16 Å². The monoisotopic (exact) mass is 442 g/mol. The molecule has 2 aromatic rings. The molecule has 1 aliphatic carbocycles. The summed E-state index contributed by atoms with van der Waals surface area (Å²) in [5, 5.41) is 15.5. The van der Waals surface area contributed by atoms with E-state index in [0.29, 0.717) is 15.7 Å². The van der Waals surface area contributed by atoms with Crippen molar-refractivity contribution in [2.45, 2.75) is 43.6 Å². The van der Waals surface area contributed by atoms with E-state index >= 15 is 0 Å². The van der Waals surface area contributed by atoms with Crippen LogP contribution < -0.4 is 5.32 Å². The van der Waals surface area contributed by atoms with Crippen LogP contribution in [0.25, 0.3) is 0 Å². The number of hydrogen-bond donors (Lipinski definition) is 1. The van der Waals surface area contributed by atoms with Crippen molar-refractivity contribution in [3.8, 4) is 0 Å². The third kappa shape index (κ3) is 5.06. The Morgan fingerprint density at radius 2 is 2.04 bits per heavy atom. The van der Waals surface area contributed by atoms with Crippen LogP contribution >= 0.6 is 22.9 Å². The summed E-state index contributed by atoms with van der Waals surface area (Å²) in [5.41, 5.74) is 0.329. The standard InChI is InChI=1S/C17H19ClN4O4S2/c1-10-20-21-17(27-10)19-16(23)15(22-26-12-5-3-4-6-12)11-7-8-14(13(18)9-11)28(2,24)25/h7-9,12H,3-6H2,1-2H3,(H,19,21,23). The van der Waals surface area contributed by atoms with Crippen LogP contribution in [0.15, 0.2) is 28.3 Å². The molecule has 11 heteroatoms. The van der Waals surface area contributed by atoms with Crippen molar-refractivity contribution >= 4 is 49.5 Å². The van der Waals surface area contributed by atoms with Gasteiger partial charge in [-0.15, -0.1) is 10.2 Å². The molecule has 0 atom stereocenters. The summed E-state index contributed by atoms with van der Waals surface area (Å²) in [4.78, 5) is 18.3. The first-order valence-corrected chi connectivity index (χ1v) is 11.7. The summed E-state index contributed by atoms with van der Waals surface area (Å²) in [6.45, 7) is 1.77. The van der Waals surface area contributed by atoms with Gasteiger partial charge < -0.3 is 4.84 Å². The van der Waals surface area contributed by atoms with Crippen molar-refractivity contribution in [1.29, 1.82) is 0 Å². The summed E-state index contributed by atoms with van der Waals surface area (Å²) in [6, 6.07) is 4.21. The van der Waals surface area contributed by atoms with Gasteiger partial charge in [-0.3, -0.25) is 10.1 Å². The maximum Gasteiger partial charge on any atom is 0.280 e. The molecule has 150 valence electrons. The van der Waals surface area contributed by atoms with Gasteiger partial charge in [-0.05, 0) is 44.7 Å². The molecule has 0 bridgehead atoms. The molecule has 1 aromatic carbocycles.